The molecule has 1 aromatic rings. The van der Waals surface area contributed by atoms with Crippen LogP contribution < -0.4 is 5.73 Å². The SMILES string of the molecule is CC.CCC(C)C.Cc1cc(C(=O)Cl)ccc1N. The van der Waals surface area contributed by atoms with E-state index in [4.69, 9.17) is 17.3 Å². The van der Waals surface area contributed by atoms with Crippen LogP contribution in [0, 0.1) is 12.8 Å². The van der Waals surface area contributed by atoms with Crippen LogP contribution in [0.3, 0.4) is 0 Å². The van der Waals surface area contributed by atoms with Crippen molar-refractivity contribution >= 4 is 22.5 Å². The average Bonchev–Trinajstić information content (AvgIpc) is 2.35. The number of benzene rings is 1. The average molecular weight is 272 g/mol. The van der Waals surface area contributed by atoms with Crippen molar-refractivity contribution in [2.45, 2.75) is 48.0 Å². The molecule has 0 fully saturated rings. The Hall–Kier alpha value is -1.02. The second kappa shape index (κ2) is 11.1. The van der Waals surface area contributed by atoms with E-state index in [1.165, 1.54) is 6.42 Å². The van der Waals surface area contributed by atoms with Crippen LogP contribution >= 0.6 is 11.6 Å². The van der Waals surface area contributed by atoms with Crippen LogP contribution in [-0.2, 0) is 0 Å². The quantitative estimate of drug-likeness (QED) is 0.605. The zero-order valence-corrected chi connectivity index (χ0v) is 13.1. The zero-order chi connectivity index (χ0) is 14.7. The molecule has 0 saturated carbocycles. The first-order valence-corrected chi connectivity index (χ1v) is 6.82. The number of hydrogen-bond acceptors (Lipinski definition) is 2. The molecule has 0 radical (unpaired) electrons. The first-order chi connectivity index (χ1) is 8.38. The minimum atomic E-state index is -0.451. The number of hydrogen-bond donors (Lipinski definition) is 1. The van der Waals surface area contributed by atoms with Crippen molar-refractivity contribution in [1.82, 2.24) is 0 Å². The summed E-state index contributed by atoms with van der Waals surface area (Å²) in [6, 6.07) is 4.95. The van der Waals surface area contributed by atoms with E-state index in [0.29, 0.717) is 11.3 Å². The lowest BCUT2D eigenvalue weighted by Gasteiger charge is -1.99. The summed E-state index contributed by atoms with van der Waals surface area (Å²) >= 11 is 5.25. The largest absolute Gasteiger partial charge is 0.399 e. The molecule has 1 rings (SSSR count). The number of anilines is 1. The summed E-state index contributed by atoms with van der Waals surface area (Å²) in [5, 5.41) is -0.451. The highest BCUT2D eigenvalue weighted by Gasteiger charge is 2.01. The molecule has 0 aliphatic carbocycles. The van der Waals surface area contributed by atoms with Gasteiger partial charge >= 0.3 is 0 Å². The first kappa shape index (κ1) is 19.3. The molecular weight excluding hydrogens is 246 g/mol. The molecular formula is C15H26ClNO. The Morgan fingerprint density at radius 2 is 1.78 bits per heavy atom. The predicted octanol–water partition coefficient (Wildman–Crippen LogP) is 5.03. The predicted molar refractivity (Wildman–Crippen MR) is 82.3 cm³/mol. The van der Waals surface area contributed by atoms with E-state index in [0.717, 1.165) is 11.5 Å². The fourth-order valence-corrected chi connectivity index (χ4v) is 0.916. The van der Waals surface area contributed by atoms with Gasteiger partial charge in [0.1, 0.15) is 0 Å². The number of rotatable bonds is 2. The van der Waals surface area contributed by atoms with Crippen molar-refractivity contribution in [2.75, 3.05) is 5.73 Å². The minimum Gasteiger partial charge on any atom is -0.399 e. The van der Waals surface area contributed by atoms with Gasteiger partial charge in [0.2, 0.25) is 0 Å². The van der Waals surface area contributed by atoms with Crippen molar-refractivity contribution in [3.63, 3.8) is 0 Å². The van der Waals surface area contributed by atoms with E-state index in [1.807, 2.05) is 20.8 Å². The van der Waals surface area contributed by atoms with Crippen LogP contribution in [0.4, 0.5) is 5.69 Å². The summed E-state index contributed by atoms with van der Waals surface area (Å²) in [7, 11) is 0. The molecule has 0 unspecified atom stereocenters. The normalized spacial score (nSPS) is 8.89. The van der Waals surface area contributed by atoms with E-state index in [2.05, 4.69) is 20.8 Å². The summed E-state index contributed by atoms with van der Waals surface area (Å²) < 4.78 is 0. The highest BCUT2D eigenvalue weighted by molar-refractivity contribution is 6.67. The van der Waals surface area contributed by atoms with Gasteiger partial charge in [0.25, 0.3) is 5.24 Å². The Balaban J connectivity index is 0. The molecule has 2 nitrogen and oxygen atoms in total. The maximum absolute atomic E-state index is 10.6. The molecule has 0 amide bonds. The van der Waals surface area contributed by atoms with Gasteiger partial charge in [-0.2, -0.15) is 0 Å². The lowest BCUT2D eigenvalue weighted by Crippen LogP contribution is -1.93. The van der Waals surface area contributed by atoms with Gasteiger partial charge in [-0.05, 0) is 48.2 Å². The summed E-state index contributed by atoms with van der Waals surface area (Å²) in [6.07, 6.45) is 1.31. The molecule has 0 bridgehead atoms. The number of carbonyl (C=O) groups excluding carboxylic acids is 1. The van der Waals surface area contributed by atoms with Crippen molar-refractivity contribution in [2.24, 2.45) is 5.92 Å². The number of halogens is 1. The minimum absolute atomic E-state index is 0.451. The molecule has 0 saturated heterocycles. The standard InChI is InChI=1S/C8H8ClNO.C5H12.C2H6/c1-5-4-6(8(9)11)2-3-7(5)10;1-4-5(2)3;1-2/h2-4H,10H2,1H3;5H,4H2,1-3H3;1-2H3. The zero-order valence-electron chi connectivity index (χ0n) is 12.4. The summed E-state index contributed by atoms with van der Waals surface area (Å²) in [4.78, 5) is 10.6. The van der Waals surface area contributed by atoms with Crippen LogP contribution in [0.1, 0.15) is 57.0 Å². The number of carbonyl (C=O) groups is 1. The molecule has 1 aromatic carbocycles. The first-order valence-electron chi connectivity index (χ1n) is 6.44. The Kier molecular flexibility index (Phi) is 11.9. The molecule has 0 heterocycles. The highest BCUT2D eigenvalue weighted by atomic mass is 35.5. The number of nitrogen functional groups attached to an aromatic ring is 1. The molecule has 0 spiro atoms. The maximum Gasteiger partial charge on any atom is 0.252 e. The monoisotopic (exact) mass is 271 g/mol. The molecule has 0 aliphatic heterocycles. The summed E-state index contributed by atoms with van der Waals surface area (Å²) in [5.74, 6) is 0.884. The van der Waals surface area contributed by atoms with Gasteiger partial charge < -0.3 is 5.73 Å². The lowest BCUT2D eigenvalue weighted by molar-refractivity contribution is 0.108. The molecule has 104 valence electrons. The van der Waals surface area contributed by atoms with Crippen molar-refractivity contribution in [3.05, 3.63) is 29.3 Å². The highest BCUT2D eigenvalue weighted by Crippen LogP contribution is 2.13. The van der Waals surface area contributed by atoms with Crippen LogP contribution in [0.5, 0.6) is 0 Å². The second-order valence-electron chi connectivity index (χ2n) is 4.15. The van der Waals surface area contributed by atoms with Crippen LogP contribution in [0.2, 0.25) is 0 Å². The molecule has 3 heteroatoms. The van der Waals surface area contributed by atoms with Gasteiger partial charge in [-0.25, -0.2) is 0 Å². The van der Waals surface area contributed by atoms with Crippen LogP contribution in [-0.4, -0.2) is 5.24 Å². The van der Waals surface area contributed by atoms with Crippen LogP contribution in [0.15, 0.2) is 18.2 Å². The number of nitrogens with two attached hydrogens (primary N) is 1. The third kappa shape index (κ3) is 9.06. The van der Waals surface area contributed by atoms with Gasteiger partial charge in [0, 0.05) is 11.3 Å². The maximum atomic E-state index is 10.6. The molecule has 0 aromatic heterocycles. The third-order valence-corrected chi connectivity index (χ3v) is 2.53. The van der Waals surface area contributed by atoms with E-state index < -0.39 is 5.24 Å². The van der Waals surface area contributed by atoms with Gasteiger partial charge in [0.05, 0.1) is 0 Å². The fourth-order valence-electron chi connectivity index (χ4n) is 0.798. The van der Waals surface area contributed by atoms with Crippen molar-refractivity contribution in [3.8, 4) is 0 Å². The Morgan fingerprint density at radius 1 is 1.33 bits per heavy atom. The molecule has 0 aliphatic rings. The van der Waals surface area contributed by atoms with Crippen molar-refractivity contribution in [1.29, 1.82) is 0 Å². The Bertz CT molecular complexity index is 348. The van der Waals surface area contributed by atoms with Crippen LogP contribution in [0.25, 0.3) is 0 Å². The summed E-state index contributed by atoms with van der Waals surface area (Å²) in [5.41, 5.74) is 7.56. The second-order valence-corrected chi connectivity index (χ2v) is 4.49. The van der Waals surface area contributed by atoms with Gasteiger partial charge in [-0.15, -0.1) is 0 Å². The molecule has 18 heavy (non-hydrogen) atoms. The van der Waals surface area contributed by atoms with E-state index in [9.17, 15) is 4.79 Å². The topological polar surface area (TPSA) is 43.1 Å². The van der Waals surface area contributed by atoms with Gasteiger partial charge in [-0.1, -0.05) is 41.0 Å². The lowest BCUT2D eigenvalue weighted by atomic mass is 10.1. The van der Waals surface area contributed by atoms with E-state index >= 15 is 0 Å². The van der Waals surface area contributed by atoms with Crippen molar-refractivity contribution < 1.29 is 4.79 Å². The van der Waals surface area contributed by atoms with E-state index in [-0.39, 0.29) is 0 Å². The number of aryl methyl sites for hydroxylation is 1. The molecule has 0 atom stereocenters. The van der Waals surface area contributed by atoms with Gasteiger partial charge in [-0.3, -0.25) is 4.79 Å². The van der Waals surface area contributed by atoms with Gasteiger partial charge in [0.15, 0.2) is 0 Å². The van der Waals surface area contributed by atoms with E-state index in [1.54, 1.807) is 18.2 Å². The molecule has 2 N–H and O–H groups in total. The third-order valence-electron chi connectivity index (χ3n) is 2.31. The summed E-state index contributed by atoms with van der Waals surface area (Å²) in [6.45, 7) is 12.5. The fraction of sp³-hybridized carbons (Fsp3) is 0.533. The Morgan fingerprint density at radius 3 is 2.06 bits per heavy atom. The smallest absolute Gasteiger partial charge is 0.252 e. The Labute approximate surface area is 117 Å².